The van der Waals surface area contributed by atoms with Crippen LogP contribution in [0.4, 0.5) is 0 Å². The summed E-state index contributed by atoms with van der Waals surface area (Å²) in [5.74, 6) is 0.363. The molecule has 1 heterocycles. The number of nitrogens with zero attached hydrogens (tertiary/aromatic N) is 1. The van der Waals surface area contributed by atoms with Crippen molar-refractivity contribution in [2.75, 3.05) is 19.7 Å². The summed E-state index contributed by atoms with van der Waals surface area (Å²) in [5.41, 5.74) is 0.507. The van der Waals surface area contributed by atoms with Crippen LogP contribution < -0.4 is 10.1 Å². The number of hydrogen-bond donors (Lipinski definition) is 1. The van der Waals surface area contributed by atoms with E-state index in [-0.39, 0.29) is 18.4 Å². The van der Waals surface area contributed by atoms with Crippen LogP contribution in [0.2, 0.25) is 0 Å². The third-order valence-corrected chi connectivity index (χ3v) is 4.35. The zero-order valence-corrected chi connectivity index (χ0v) is 14.8. The molecule has 0 aliphatic carbocycles. The van der Waals surface area contributed by atoms with Gasteiger partial charge in [0, 0.05) is 17.0 Å². The lowest BCUT2D eigenvalue weighted by molar-refractivity contribution is -0.130. The van der Waals surface area contributed by atoms with Crippen molar-refractivity contribution in [3.05, 3.63) is 52.2 Å². The Kier molecular flexibility index (Phi) is 6.81. The Morgan fingerprint density at radius 1 is 1.17 bits per heavy atom. The van der Waals surface area contributed by atoms with E-state index in [1.54, 1.807) is 40.5 Å². The van der Waals surface area contributed by atoms with E-state index in [2.05, 4.69) is 5.32 Å². The maximum atomic E-state index is 12.3. The highest BCUT2D eigenvalue weighted by Gasteiger charge is 2.14. The molecule has 6 heteroatoms. The molecule has 24 heavy (non-hydrogen) atoms. The third-order valence-electron chi connectivity index (χ3n) is 3.49. The molecule has 0 bridgehead atoms. The standard InChI is InChI=1S/C18H22N2O3S/c1-3-20(13-16-6-5-11-24-16)17(21)12-19-18(22)14-7-9-15(10-8-14)23-4-2/h5-11H,3-4,12-13H2,1-2H3,(H,19,22). The number of benzene rings is 1. The van der Waals surface area contributed by atoms with Gasteiger partial charge in [0.05, 0.1) is 19.7 Å². The van der Waals surface area contributed by atoms with Crippen molar-refractivity contribution in [3.63, 3.8) is 0 Å². The molecule has 128 valence electrons. The lowest BCUT2D eigenvalue weighted by Crippen LogP contribution is -2.39. The fourth-order valence-corrected chi connectivity index (χ4v) is 2.93. The summed E-state index contributed by atoms with van der Waals surface area (Å²) in [6.45, 7) is 5.59. The molecule has 1 N–H and O–H groups in total. The number of rotatable bonds is 8. The van der Waals surface area contributed by atoms with Gasteiger partial charge in [0.1, 0.15) is 5.75 Å². The Labute approximate surface area is 146 Å². The lowest BCUT2D eigenvalue weighted by Gasteiger charge is -2.20. The van der Waals surface area contributed by atoms with Crippen molar-refractivity contribution in [2.24, 2.45) is 0 Å². The van der Waals surface area contributed by atoms with E-state index >= 15 is 0 Å². The molecule has 1 aromatic carbocycles. The highest BCUT2D eigenvalue weighted by atomic mass is 32.1. The third kappa shape index (κ3) is 5.09. The summed E-state index contributed by atoms with van der Waals surface area (Å²) in [6.07, 6.45) is 0. The molecule has 0 spiro atoms. The topological polar surface area (TPSA) is 58.6 Å². The van der Waals surface area contributed by atoms with Crippen molar-refractivity contribution in [2.45, 2.75) is 20.4 Å². The van der Waals surface area contributed by atoms with E-state index in [0.717, 1.165) is 10.6 Å². The normalized spacial score (nSPS) is 10.2. The van der Waals surface area contributed by atoms with Crippen LogP contribution in [0.15, 0.2) is 41.8 Å². The Morgan fingerprint density at radius 2 is 1.92 bits per heavy atom. The zero-order chi connectivity index (χ0) is 17.4. The van der Waals surface area contributed by atoms with Crippen LogP contribution in [-0.4, -0.2) is 36.4 Å². The maximum absolute atomic E-state index is 12.3. The van der Waals surface area contributed by atoms with Crippen molar-refractivity contribution >= 4 is 23.2 Å². The number of nitrogens with one attached hydrogen (secondary N) is 1. The van der Waals surface area contributed by atoms with Crippen molar-refractivity contribution in [1.29, 1.82) is 0 Å². The molecule has 1 aromatic heterocycles. The maximum Gasteiger partial charge on any atom is 0.251 e. The number of carbonyl (C=O) groups is 2. The average Bonchev–Trinajstić information content (AvgIpc) is 3.11. The van der Waals surface area contributed by atoms with Gasteiger partial charge in [-0.2, -0.15) is 0 Å². The van der Waals surface area contributed by atoms with Gasteiger partial charge in [-0.15, -0.1) is 11.3 Å². The molecule has 0 fully saturated rings. The number of ether oxygens (including phenoxy) is 1. The number of hydrogen-bond acceptors (Lipinski definition) is 4. The van der Waals surface area contributed by atoms with Crippen LogP contribution in [-0.2, 0) is 11.3 Å². The van der Waals surface area contributed by atoms with Crippen LogP contribution in [0.25, 0.3) is 0 Å². The first-order valence-corrected chi connectivity index (χ1v) is 8.83. The van der Waals surface area contributed by atoms with Gasteiger partial charge in [0.25, 0.3) is 5.91 Å². The fraction of sp³-hybridized carbons (Fsp3) is 0.333. The monoisotopic (exact) mass is 346 g/mol. The van der Waals surface area contributed by atoms with Crippen LogP contribution in [0.1, 0.15) is 29.1 Å². The predicted molar refractivity (Wildman–Crippen MR) is 95.4 cm³/mol. The van der Waals surface area contributed by atoms with Crippen LogP contribution in [0.3, 0.4) is 0 Å². The first-order valence-electron chi connectivity index (χ1n) is 7.95. The molecule has 2 rings (SSSR count). The first-order chi connectivity index (χ1) is 11.6. The van der Waals surface area contributed by atoms with Crippen LogP contribution in [0.5, 0.6) is 5.75 Å². The smallest absolute Gasteiger partial charge is 0.251 e. The SMILES string of the molecule is CCOc1ccc(C(=O)NCC(=O)N(CC)Cc2cccs2)cc1. The second kappa shape index (κ2) is 9.08. The Hall–Kier alpha value is -2.34. The minimum Gasteiger partial charge on any atom is -0.494 e. The van der Waals surface area contributed by atoms with Crippen LogP contribution in [0, 0.1) is 0 Å². The lowest BCUT2D eigenvalue weighted by atomic mass is 10.2. The Balaban J connectivity index is 1.86. The largest absolute Gasteiger partial charge is 0.494 e. The highest BCUT2D eigenvalue weighted by molar-refractivity contribution is 7.09. The van der Waals surface area contributed by atoms with E-state index in [9.17, 15) is 9.59 Å². The van der Waals surface area contributed by atoms with E-state index in [0.29, 0.717) is 25.3 Å². The zero-order valence-electron chi connectivity index (χ0n) is 14.0. The van der Waals surface area contributed by atoms with Gasteiger partial charge in [0.15, 0.2) is 0 Å². The molecule has 0 saturated heterocycles. The van der Waals surface area contributed by atoms with Gasteiger partial charge in [-0.25, -0.2) is 0 Å². The summed E-state index contributed by atoms with van der Waals surface area (Å²) >= 11 is 1.62. The van der Waals surface area contributed by atoms with Crippen molar-refractivity contribution < 1.29 is 14.3 Å². The highest BCUT2D eigenvalue weighted by Crippen LogP contribution is 2.13. The Bertz CT molecular complexity index is 653. The molecule has 0 aliphatic rings. The molecule has 0 unspecified atom stereocenters. The average molecular weight is 346 g/mol. The van der Waals surface area contributed by atoms with Gasteiger partial charge in [-0.1, -0.05) is 6.07 Å². The molecular weight excluding hydrogens is 324 g/mol. The fourth-order valence-electron chi connectivity index (χ4n) is 2.21. The van der Waals surface area contributed by atoms with Gasteiger partial charge in [-0.3, -0.25) is 9.59 Å². The predicted octanol–water partition coefficient (Wildman–Crippen LogP) is 2.93. The van der Waals surface area contributed by atoms with Crippen molar-refractivity contribution in [1.82, 2.24) is 10.2 Å². The second-order valence-electron chi connectivity index (χ2n) is 5.13. The summed E-state index contributed by atoms with van der Waals surface area (Å²) in [7, 11) is 0. The minimum absolute atomic E-state index is 0.00867. The van der Waals surface area contributed by atoms with Gasteiger partial charge in [-0.05, 0) is 49.6 Å². The number of carbonyl (C=O) groups excluding carboxylic acids is 2. The molecule has 0 radical (unpaired) electrons. The minimum atomic E-state index is -0.265. The van der Waals surface area contributed by atoms with E-state index in [1.165, 1.54) is 0 Å². The quantitative estimate of drug-likeness (QED) is 0.799. The van der Waals surface area contributed by atoms with Gasteiger partial charge >= 0.3 is 0 Å². The molecule has 0 aliphatic heterocycles. The van der Waals surface area contributed by atoms with E-state index < -0.39 is 0 Å². The van der Waals surface area contributed by atoms with Gasteiger partial charge < -0.3 is 15.0 Å². The molecule has 0 atom stereocenters. The summed E-state index contributed by atoms with van der Waals surface area (Å²) in [4.78, 5) is 27.3. The molecule has 2 amide bonds. The van der Waals surface area contributed by atoms with Crippen LogP contribution >= 0.6 is 11.3 Å². The number of amides is 2. The molecule has 5 nitrogen and oxygen atoms in total. The summed E-state index contributed by atoms with van der Waals surface area (Å²) in [6, 6.07) is 10.8. The summed E-state index contributed by atoms with van der Waals surface area (Å²) < 4.78 is 5.34. The molecular formula is C18H22N2O3S. The van der Waals surface area contributed by atoms with Crippen molar-refractivity contribution in [3.8, 4) is 5.75 Å². The summed E-state index contributed by atoms with van der Waals surface area (Å²) in [5, 5.41) is 4.66. The number of likely N-dealkylation sites (N-methyl/N-ethyl adjacent to an activating group) is 1. The molecule has 0 saturated carbocycles. The molecule has 2 aromatic rings. The van der Waals surface area contributed by atoms with E-state index in [4.69, 9.17) is 4.74 Å². The van der Waals surface area contributed by atoms with E-state index in [1.807, 2.05) is 31.4 Å². The van der Waals surface area contributed by atoms with Gasteiger partial charge in [0.2, 0.25) is 5.91 Å². The first kappa shape index (κ1) is 18.0. The second-order valence-corrected chi connectivity index (χ2v) is 6.16. The number of thiophene rings is 1. The Morgan fingerprint density at radius 3 is 2.50 bits per heavy atom.